The van der Waals surface area contributed by atoms with Crippen LogP contribution in [0.25, 0.3) is 16.3 Å². The second-order valence-electron chi connectivity index (χ2n) is 8.48. The standard InChI is InChI=1S/C25H23N3O4/c1-14(29)22-20-12-19(23(25(31)32)28(20)24(22)30)16-8-9-18-15(11-16)5-4-6-17(18)13-27-10-3-2-7-21(27)26/h2-11,14,20,22,26,29H,12-13H2,1H3,(H,31,32)/p+1/t14-,20-,22-/m1/s1. The number of nitrogens with zero attached hydrogens (tertiary/aromatic N) is 2. The van der Waals surface area contributed by atoms with Crippen molar-refractivity contribution < 1.29 is 24.4 Å². The molecule has 1 amide bonds. The summed E-state index contributed by atoms with van der Waals surface area (Å²) in [5, 5.41) is 21.8. The van der Waals surface area contributed by atoms with E-state index in [1.54, 1.807) is 6.92 Å². The number of carboxylic acid groups (broad SMARTS) is 1. The van der Waals surface area contributed by atoms with E-state index >= 15 is 0 Å². The number of β-lactam (4-membered cyclic amide) rings is 1. The Hall–Kier alpha value is -3.71. The molecule has 0 spiro atoms. The van der Waals surface area contributed by atoms with Gasteiger partial charge in [-0.25, -0.2) is 9.36 Å². The zero-order valence-corrected chi connectivity index (χ0v) is 17.6. The van der Waals surface area contributed by atoms with Crippen LogP contribution in [0.3, 0.4) is 0 Å². The normalized spacial score (nSPS) is 20.9. The number of fused-ring (bicyclic) bond motifs is 2. The molecule has 7 heteroatoms. The van der Waals surface area contributed by atoms with Crippen LogP contribution in [0, 0.1) is 5.92 Å². The number of aliphatic hydroxyl groups excluding tert-OH is 1. The van der Waals surface area contributed by atoms with E-state index in [9.17, 15) is 19.8 Å². The molecule has 32 heavy (non-hydrogen) atoms. The summed E-state index contributed by atoms with van der Waals surface area (Å²) in [5.74, 6) is -1.32. The molecule has 1 saturated heterocycles. The van der Waals surface area contributed by atoms with Crippen molar-refractivity contribution in [2.75, 3.05) is 5.73 Å². The van der Waals surface area contributed by atoms with Gasteiger partial charge in [0.25, 0.3) is 5.82 Å². The van der Waals surface area contributed by atoms with Gasteiger partial charge in [0, 0.05) is 11.6 Å². The lowest BCUT2D eigenvalue weighted by Gasteiger charge is -2.44. The van der Waals surface area contributed by atoms with E-state index in [0.29, 0.717) is 24.4 Å². The molecule has 2 aromatic carbocycles. The van der Waals surface area contributed by atoms with Gasteiger partial charge in [-0.15, -0.1) is 0 Å². The van der Waals surface area contributed by atoms with Crippen molar-refractivity contribution in [3.05, 3.63) is 77.6 Å². The van der Waals surface area contributed by atoms with E-state index in [1.807, 2.05) is 59.3 Å². The van der Waals surface area contributed by atoms with Crippen LogP contribution >= 0.6 is 0 Å². The van der Waals surface area contributed by atoms with Gasteiger partial charge in [0.15, 0.2) is 0 Å². The number of amides is 1. The third-order valence-corrected chi connectivity index (χ3v) is 6.57. The largest absolute Gasteiger partial charge is 0.477 e. The van der Waals surface area contributed by atoms with Crippen molar-refractivity contribution in [1.82, 2.24) is 4.90 Å². The summed E-state index contributed by atoms with van der Waals surface area (Å²) in [6.07, 6.45) is 1.55. The molecule has 0 bridgehead atoms. The summed E-state index contributed by atoms with van der Waals surface area (Å²) in [4.78, 5) is 25.8. The first-order chi connectivity index (χ1) is 15.4. The number of rotatable bonds is 5. The number of hydrogen-bond donors (Lipinski definition) is 3. The Morgan fingerprint density at radius 1 is 1.22 bits per heavy atom. The van der Waals surface area contributed by atoms with Gasteiger partial charge in [-0.05, 0) is 47.4 Å². The number of pyridine rings is 1. The van der Waals surface area contributed by atoms with Crippen LogP contribution in [0.4, 0.5) is 5.82 Å². The predicted octanol–water partition coefficient (Wildman–Crippen LogP) is 2.16. The van der Waals surface area contributed by atoms with E-state index < -0.39 is 18.0 Å². The highest BCUT2D eigenvalue weighted by molar-refractivity contribution is 6.06. The summed E-state index contributed by atoms with van der Waals surface area (Å²) in [6.45, 7) is 2.19. The van der Waals surface area contributed by atoms with Crippen LogP contribution in [0.2, 0.25) is 0 Å². The van der Waals surface area contributed by atoms with Crippen molar-refractivity contribution in [1.29, 1.82) is 0 Å². The number of hydrogen-bond acceptors (Lipinski definition) is 4. The van der Waals surface area contributed by atoms with Crippen LogP contribution in [0.15, 0.2) is 66.5 Å². The number of aliphatic carboxylic acids is 1. The number of carbonyl (C=O) groups excluding carboxylic acids is 1. The Morgan fingerprint density at radius 3 is 2.75 bits per heavy atom. The molecular formula is C25H24N3O4+. The van der Waals surface area contributed by atoms with E-state index in [4.69, 9.17) is 5.73 Å². The molecule has 3 atom stereocenters. The summed E-state index contributed by atoms with van der Waals surface area (Å²) < 4.78 is 1.97. The third kappa shape index (κ3) is 3.05. The molecule has 0 unspecified atom stereocenters. The molecule has 3 aromatic rings. The molecule has 1 aromatic heterocycles. The van der Waals surface area contributed by atoms with Crippen molar-refractivity contribution in [3.63, 3.8) is 0 Å². The fourth-order valence-corrected chi connectivity index (χ4v) is 5.02. The Kier molecular flexibility index (Phi) is 4.71. The SMILES string of the molecule is C[C@@H](O)[C@H]1C(=O)N2C(C(=O)O)=C(c3ccc4c(C[n+]5ccccc5N)cccc4c3)C[C@H]12. The summed E-state index contributed by atoms with van der Waals surface area (Å²) >= 11 is 0. The smallest absolute Gasteiger partial charge is 0.352 e. The molecule has 3 heterocycles. The van der Waals surface area contributed by atoms with Gasteiger partial charge in [0.1, 0.15) is 12.2 Å². The van der Waals surface area contributed by atoms with Gasteiger partial charge in [-0.1, -0.05) is 36.4 Å². The minimum absolute atomic E-state index is 0.0278. The first-order valence-corrected chi connectivity index (χ1v) is 10.6. The van der Waals surface area contributed by atoms with Crippen LogP contribution in [-0.2, 0) is 16.1 Å². The Bertz CT molecular complexity index is 1300. The molecule has 162 valence electrons. The fourth-order valence-electron chi connectivity index (χ4n) is 5.02. The van der Waals surface area contributed by atoms with Crippen molar-refractivity contribution in [2.24, 2.45) is 5.92 Å². The summed E-state index contributed by atoms with van der Waals surface area (Å²) in [7, 11) is 0. The number of anilines is 1. The van der Waals surface area contributed by atoms with E-state index in [2.05, 4.69) is 6.07 Å². The lowest BCUT2D eigenvalue weighted by Crippen LogP contribution is -2.61. The maximum atomic E-state index is 12.5. The third-order valence-electron chi connectivity index (χ3n) is 6.57. The number of benzene rings is 2. The molecule has 7 nitrogen and oxygen atoms in total. The predicted molar refractivity (Wildman–Crippen MR) is 119 cm³/mol. The van der Waals surface area contributed by atoms with Crippen LogP contribution in [0.1, 0.15) is 24.5 Å². The molecule has 0 aliphatic carbocycles. The quantitative estimate of drug-likeness (QED) is 0.425. The first-order valence-electron chi connectivity index (χ1n) is 10.6. The van der Waals surface area contributed by atoms with Gasteiger partial charge in [-0.3, -0.25) is 10.5 Å². The molecule has 5 rings (SSSR count). The highest BCUT2D eigenvalue weighted by atomic mass is 16.4. The second kappa shape index (κ2) is 7.46. The van der Waals surface area contributed by atoms with Gasteiger partial charge < -0.3 is 15.1 Å². The van der Waals surface area contributed by atoms with Crippen molar-refractivity contribution in [2.45, 2.75) is 32.0 Å². The highest BCUT2D eigenvalue weighted by Gasteiger charge is 2.56. The molecule has 1 fully saturated rings. The number of nitrogens with two attached hydrogens (primary N) is 1. The van der Waals surface area contributed by atoms with Crippen LogP contribution in [0.5, 0.6) is 0 Å². The first kappa shape index (κ1) is 20.2. The minimum atomic E-state index is -1.12. The average Bonchev–Trinajstić information content (AvgIpc) is 3.10. The van der Waals surface area contributed by atoms with E-state index in [1.165, 1.54) is 4.90 Å². The minimum Gasteiger partial charge on any atom is -0.477 e. The molecule has 4 N–H and O–H groups in total. The Morgan fingerprint density at radius 2 is 2.03 bits per heavy atom. The number of carbonyl (C=O) groups is 2. The van der Waals surface area contributed by atoms with Gasteiger partial charge in [0.2, 0.25) is 5.91 Å². The number of nitrogen functional groups attached to an aromatic ring is 1. The molecule has 0 radical (unpaired) electrons. The maximum absolute atomic E-state index is 12.5. The number of aromatic nitrogens is 1. The fraction of sp³-hybridized carbons (Fsp3) is 0.240. The molecular weight excluding hydrogens is 406 g/mol. The van der Waals surface area contributed by atoms with Crippen LogP contribution < -0.4 is 10.3 Å². The molecule has 0 saturated carbocycles. The maximum Gasteiger partial charge on any atom is 0.352 e. The van der Waals surface area contributed by atoms with Gasteiger partial charge in [-0.2, -0.15) is 0 Å². The zero-order chi connectivity index (χ0) is 22.6. The molecule has 2 aliphatic rings. The van der Waals surface area contributed by atoms with Gasteiger partial charge in [0.05, 0.1) is 24.3 Å². The lowest BCUT2D eigenvalue weighted by molar-refractivity contribution is -0.673. The average molecular weight is 430 g/mol. The second-order valence-corrected chi connectivity index (χ2v) is 8.48. The molecule has 2 aliphatic heterocycles. The zero-order valence-electron chi connectivity index (χ0n) is 17.6. The van der Waals surface area contributed by atoms with Crippen molar-refractivity contribution in [3.8, 4) is 0 Å². The Labute approximate surface area is 185 Å². The lowest BCUT2D eigenvalue weighted by atomic mass is 9.82. The van der Waals surface area contributed by atoms with E-state index in [-0.39, 0.29) is 17.6 Å². The topological polar surface area (TPSA) is 108 Å². The van der Waals surface area contributed by atoms with E-state index in [0.717, 1.165) is 21.9 Å². The number of aliphatic hydroxyl groups is 1. The monoisotopic (exact) mass is 430 g/mol. The Balaban J connectivity index is 1.54. The van der Waals surface area contributed by atoms with Gasteiger partial charge >= 0.3 is 5.97 Å². The summed E-state index contributed by atoms with van der Waals surface area (Å²) in [6, 6.07) is 17.3. The summed E-state index contributed by atoms with van der Waals surface area (Å²) in [5.41, 5.74) is 8.63. The van der Waals surface area contributed by atoms with Crippen molar-refractivity contribution >= 4 is 34.0 Å². The highest BCUT2D eigenvalue weighted by Crippen LogP contribution is 2.47. The number of carboxylic acids is 1. The van der Waals surface area contributed by atoms with Crippen LogP contribution in [-0.4, -0.2) is 39.1 Å².